The maximum Gasteiger partial charge on any atom is 0.0195 e. The Balaban J connectivity index is 1.77. The molecule has 0 radical (unpaired) electrons. The molecule has 0 bridgehead atoms. The van der Waals surface area contributed by atoms with Crippen LogP contribution in [-0.2, 0) is 0 Å². The van der Waals surface area contributed by atoms with Gasteiger partial charge in [-0.15, -0.1) is 0 Å². The molecule has 1 saturated heterocycles. The molecule has 88 valence electrons. The molecular formula is C13H26N2. The van der Waals surface area contributed by atoms with Gasteiger partial charge in [0.2, 0.25) is 0 Å². The minimum atomic E-state index is 0.787. The molecule has 0 spiro atoms. The van der Waals surface area contributed by atoms with Crippen molar-refractivity contribution in [2.75, 3.05) is 19.6 Å². The fraction of sp³-hybridized carbons (Fsp3) is 1.00. The Kier molecular flexibility index (Phi) is 4.04. The minimum Gasteiger partial charge on any atom is -0.313 e. The standard InChI is InChI=1S/C13H26N2/c1-3-11(2)9-15(13-6-7-13)10-12-5-4-8-14-12/h11-14H,3-10H2,1-2H3. The van der Waals surface area contributed by atoms with E-state index in [0.29, 0.717) is 0 Å². The molecule has 0 aromatic rings. The van der Waals surface area contributed by atoms with E-state index in [1.807, 2.05) is 0 Å². The van der Waals surface area contributed by atoms with E-state index in [4.69, 9.17) is 0 Å². The third-order valence-corrected chi connectivity index (χ3v) is 3.92. The molecule has 0 amide bonds. The van der Waals surface area contributed by atoms with E-state index < -0.39 is 0 Å². The highest BCUT2D eigenvalue weighted by atomic mass is 15.2. The Morgan fingerprint density at radius 2 is 2.13 bits per heavy atom. The van der Waals surface area contributed by atoms with E-state index in [2.05, 4.69) is 24.1 Å². The number of nitrogens with zero attached hydrogens (tertiary/aromatic N) is 1. The quantitative estimate of drug-likeness (QED) is 0.723. The summed E-state index contributed by atoms with van der Waals surface area (Å²) < 4.78 is 0. The first-order valence-electron chi connectivity index (χ1n) is 6.77. The zero-order valence-corrected chi connectivity index (χ0v) is 10.3. The maximum atomic E-state index is 3.62. The van der Waals surface area contributed by atoms with Crippen LogP contribution in [0.25, 0.3) is 0 Å². The van der Waals surface area contributed by atoms with Crippen molar-refractivity contribution < 1.29 is 0 Å². The van der Waals surface area contributed by atoms with Crippen LogP contribution in [-0.4, -0.2) is 36.6 Å². The molecular weight excluding hydrogens is 184 g/mol. The molecule has 1 saturated carbocycles. The van der Waals surface area contributed by atoms with Crippen LogP contribution in [0.5, 0.6) is 0 Å². The van der Waals surface area contributed by atoms with Crippen LogP contribution < -0.4 is 5.32 Å². The summed E-state index contributed by atoms with van der Waals surface area (Å²) in [5.74, 6) is 0.868. The molecule has 0 aromatic heterocycles. The summed E-state index contributed by atoms with van der Waals surface area (Å²) in [6, 6.07) is 1.72. The van der Waals surface area contributed by atoms with Gasteiger partial charge in [0, 0.05) is 25.2 Å². The second-order valence-corrected chi connectivity index (χ2v) is 5.49. The molecule has 2 atom stereocenters. The first-order valence-corrected chi connectivity index (χ1v) is 6.77. The predicted molar refractivity (Wildman–Crippen MR) is 65.1 cm³/mol. The van der Waals surface area contributed by atoms with Crippen molar-refractivity contribution in [2.24, 2.45) is 5.92 Å². The number of hydrogen-bond acceptors (Lipinski definition) is 2. The van der Waals surface area contributed by atoms with Crippen molar-refractivity contribution in [2.45, 2.75) is 58.0 Å². The van der Waals surface area contributed by atoms with E-state index >= 15 is 0 Å². The normalized spacial score (nSPS) is 28.6. The van der Waals surface area contributed by atoms with Gasteiger partial charge in [0.1, 0.15) is 0 Å². The molecule has 2 aliphatic rings. The molecule has 0 aromatic carbocycles. The Morgan fingerprint density at radius 3 is 2.67 bits per heavy atom. The van der Waals surface area contributed by atoms with E-state index in [9.17, 15) is 0 Å². The molecule has 2 rings (SSSR count). The molecule has 1 N–H and O–H groups in total. The fourth-order valence-electron chi connectivity index (χ4n) is 2.54. The summed E-state index contributed by atoms with van der Waals surface area (Å²) in [7, 11) is 0. The van der Waals surface area contributed by atoms with Crippen LogP contribution in [0.15, 0.2) is 0 Å². The summed E-state index contributed by atoms with van der Waals surface area (Å²) in [5.41, 5.74) is 0. The third-order valence-electron chi connectivity index (χ3n) is 3.92. The van der Waals surface area contributed by atoms with Crippen LogP contribution in [0.4, 0.5) is 0 Å². The van der Waals surface area contributed by atoms with Gasteiger partial charge < -0.3 is 5.32 Å². The van der Waals surface area contributed by atoms with Crippen molar-refractivity contribution in [1.82, 2.24) is 10.2 Å². The largest absolute Gasteiger partial charge is 0.313 e. The van der Waals surface area contributed by atoms with Gasteiger partial charge in [0.15, 0.2) is 0 Å². The first-order chi connectivity index (χ1) is 7.29. The van der Waals surface area contributed by atoms with Crippen LogP contribution >= 0.6 is 0 Å². The summed E-state index contributed by atoms with van der Waals surface area (Å²) >= 11 is 0. The summed E-state index contributed by atoms with van der Waals surface area (Å²) in [4.78, 5) is 2.75. The van der Waals surface area contributed by atoms with E-state index in [1.54, 1.807) is 0 Å². The van der Waals surface area contributed by atoms with Crippen molar-refractivity contribution in [3.8, 4) is 0 Å². The lowest BCUT2D eigenvalue weighted by Gasteiger charge is -2.28. The molecule has 1 heterocycles. The molecule has 15 heavy (non-hydrogen) atoms. The van der Waals surface area contributed by atoms with Gasteiger partial charge in [0.05, 0.1) is 0 Å². The van der Waals surface area contributed by atoms with Crippen molar-refractivity contribution >= 4 is 0 Å². The number of hydrogen-bond donors (Lipinski definition) is 1. The monoisotopic (exact) mass is 210 g/mol. The first kappa shape index (κ1) is 11.4. The summed E-state index contributed by atoms with van der Waals surface area (Å²) in [6.07, 6.45) is 6.99. The topological polar surface area (TPSA) is 15.3 Å². The van der Waals surface area contributed by atoms with Crippen molar-refractivity contribution in [1.29, 1.82) is 0 Å². The molecule has 1 aliphatic heterocycles. The van der Waals surface area contributed by atoms with Gasteiger partial charge in [-0.05, 0) is 38.1 Å². The third kappa shape index (κ3) is 3.46. The second kappa shape index (κ2) is 5.31. The van der Waals surface area contributed by atoms with Gasteiger partial charge in [-0.2, -0.15) is 0 Å². The average Bonchev–Trinajstić information content (AvgIpc) is 2.97. The van der Waals surface area contributed by atoms with Crippen LogP contribution in [0, 0.1) is 5.92 Å². The van der Waals surface area contributed by atoms with Crippen LogP contribution in [0.3, 0.4) is 0 Å². The predicted octanol–water partition coefficient (Wildman–Crippen LogP) is 2.25. The lowest BCUT2D eigenvalue weighted by Crippen LogP contribution is -2.40. The lowest BCUT2D eigenvalue weighted by molar-refractivity contribution is 0.207. The van der Waals surface area contributed by atoms with Crippen molar-refractivity contribution in [3.05, 3.63) is 0 Å². The number of nitrogens with one attached hydrogen (secondary N) is 1. The second-order valence-electron chi connectivity index (χ2n) is 5.49. The molecule has 2 unspecified atom stereocenters. The molecule has 2 heteroatoms. The molecule has 2 fully saturated rings. The van der Waals surface area contributed by atoms with Crippen molar-refractivity contribution in [3.63, 3.8) is 0 Å². The van der Waals surface area contributed by atoms with E-state index in [-0.39, 0.29) is 0 Å². The van der Waals surface area contributed by atoms with Gasteiger partial charge >= 0.3 is 0 Å². The highest BCUT2D eigenvalue weighted by Crippen LogP contribution is 2.28. The van der Waals surface area contributed by atoms with Gasteiger partial charge in [-0.1, -0.05) is 20.3 Å². The van der Waals surface area contributed by atoms with Gasteiger partial charge in [-0.25, -0.2) is 0 Å². The summed E-state index contributed by atoms with van der Waals surface area (Å²) in [5, 5.41) is 3.62. The maximum absolute atomic E-state index is 3.62. The highest BCUT2D eigenvalue weighted by molar-refractivity contribution is 4.88. The Labute approximate surface area is 94.4 Å². The lowest BCUT2D eigenvalue weighted by atomic mass is 10.1. The van der Waals surface area contributed by atoms with Gasteiger partial charge in [-0.3, -0.25) is 4.90 Å². The van der Waals surface area contributed by atoms with Crippen LogP contribution in [0.1, 0.15) is 46.0 Å². The van der Waals surface area contributed by atoms with Crippen LogP contribution in [0.2, 0.25) is 0 Å². The Bertz CT molecular complexity index is 183. The van der Waals surface area contributed by atoms with E-state index in [0.717, 1.165) is 18.0 Å². The fourth-order valence-corrected chi connectivity index (χ4v) is 2.54. The zero-order chi connectivity index (χ0) is 10.7. The number of rotatable bonds is 6. The summed E-state index contributed by atoms with van der Waals surface area (Å²) in [6.45, 7) is 8.56. The minimum absolute atomic E-state index is 0.787. The molecule has 1 aliphatic carbocycles. The molecule has 2 nitrogen and oxygen atoms in total. The average molecular weight is 210 g/mol. The highest BCUT2D eigenvalue weighted by Gasteiger charge is 2.31. The Hall–Kier alpha value is -0.0800. The zero-order valence-electron chi connectivity index (χ0n) is 10.3. The smallest absolute Gasteiger partial charge is 0.0195 e. The van der Waals surface area contributed by atoms with E-state index in [1.165, 1.54) is 51.7 Å². The Morgan fingerprint density at radius 1 is 1.33 bits per heavy atom. The SMILES string of the molecule is CCC(C)CN(CC1CCCN1)C1CC1. The van der Waals surface area contributed by atoms with Gasteiger partial charge in [0.25, 0.3) is 0 Å².